The summed E-state index contributed by atoms with van der Waals surface area (Å²) in [6, 6.07) is 8.18. The fourth-order valence-corrected chi connectivity index (χ4v) is 3.52. The number of carbonyl (C=O) groups is 2. The maximum atomic E-state index is 12.8. The van der Waals surface area contributed by atoms with Crippen LogP contribution in [0.2, 0.25) is 0 Å². The van der Waals surface area contributed by atoms with Crippen molar-refractivity contribution in [3.8, 4) is 5.75 Å². The molecule has 30 heavy (non-hydrogen) atoms. The van der Waals surface area contributed by atoms with Crippen molar-refractivity contribution >= 4 is 11.8 Å². The maximum absolute atomic E-state index is 12.8. The lowest BCUT2D eigenvalue weighted by atomic mass is 10.1. The SMILES string of the molecule is COc1ccccc1CN(Cc1nc(C(=O)N2CCN(C(C)=O)CC2)co1)C(C)C. The lowest BCUT2D eigenvalue weighted by Crippen LogP contribution is -2.50. The molecule has 0 unspecified atom stereocenters. The van der Waals surface area contributed by atoms with Gasteiger partial charge in [-0.2, -0.15) is 0 Å². The molecule has 1 aliphatic rings. The zero-order chi connectivity index (χ0) is 21.7. The van der Waals surface area contributed by atoms with Crippen LogP contribution in [0.5, 0.6) is 5.75 Å². The Balaban J connectivity index is 1.64. The molecule has 0 radical (unpaired) electrons. The second-order valence-electron chi connectivity index (χ2n) is 7.74. The van der Waals surface area contributed by atoms with Gasteiger partial charge in [0.2, 0.25) is 11.8 Å². The van der Waals surface area contributed by atoms with Gasteiger partial charge in [-0.3, -0.25) is 14.5 Å². The average molecular weight is 415 g/mol. The normalized spacial score (nSPS) is 14.5. The van der Waals surface area contributed by atoms with Gasteiger partial charge in [-0.1, -0.05) is 18.2 Å². The number of hydrogen-bond donors (Lipinski definition) is 0. The Bertz CT molecular complexity index is 872. The summed E-state index contributed by atoms with van der Waals surface area (Å²) in [6.07, 6.45) is 1.43. The van der Waals surface area contributed by atoms with Gasteiger partial charge in [0.1, 0.15) is 12.0 Å². The van der Waals surface area contributed by atoms with E-state index in [2.05, 4.69) is 23.7 Å². The molecule has 0 aliphatic carbocycles. The largest absolute Gasteiger partial charge is 0.496 e. The van der Waals surface area contributed by atoms with Gasteiger partial charge >= 0.3 is 0 Å². The first-order chi connectivity index (χ1) is 14.4. The summed E-state index contributed by atoms with van der Waals surface area (Å²) in [4.78, 5) is 34.3. The average Bonchev–Trinajstić information content (AvgIpc) is 3.21. The fraction of sp³-hybridized carbons (Fsp3) is 0.500. The van der Waals surface area contributed by atoms with Crippen LogP contribution in [-0.2, 0) is 17.9 Å². The minimum Gasteiger partial charge on any atom is -0.496 e. The van der Waals surface area contributed by atoms with Crippen LogP contribution in [0.1, 0.15) is 42.7 Å². The van der Waals surface area contributed by atoms with E-state index in [1.165, 1.54) is 6.26 Å². The Morgan fingerprint density at radius 2 is 1.80 bits per heavy atom. The molecule has 1 saturated heterocycles. The first-order valence-corrected chi connectivity index (χ1v) is 10.2. The molecule has 2 heterocycles. The number of carbonyl (C=O) groups excluding carboxylic acids is 2. The van der Waals surface area contributed by atoms with E-state index in [9.17, 15) is 9.59 Å². The number of nitrogens with zero attached hydrogens (tertiary/aromatic N) is 4. The van der Waals surface area contributed by atoms with Crippen molar-refractivity contribution in [3.05, 3.63) is 47.7 Å². The van der Waals surface area contributed by atoms with Gasteiger partial charge in [-0.05, 0) is 19.9 Å². The Labute approximate surface area is 177 Å². The van der Waals surface area contributed by atoms with Gasteiger partial charge in [0, 0.05) is 51.3 Å². The van der Waals surface area contributed by atoms with Crippen molar-refractivity contribution in [1.82, 2.24) is 19.7 Å². The number of piperazine rings is 1. The van der Waals surface area contributed by atoms with Gasteiger partial charge in [0.25, 0.3) is 5.91 Å². The molecule has 0 atom stereocenters. The highest BCUT2D eigenvalue weighted by Gasteiger charge is 2.26. The molecule has 1 aromatic heterocycles. The summed E-state index contributed by atoms with van der Waals surface area (Å²) < 4.78 is 11.1. The van der Waals surface area contributed by atoms with E-state index in [0.717, 1.165) is 11.3 Å². The highest BCUT2D eigenvalue weighted by atomic mass is 16.5. The summed E-state index contributed by atoms with van der Waals surface area (Å²) in [5, 5.41) is 0. The minimum atomic E-state index is -0.158. The van der Waals surface area contributed by atoms with E-state index >= 15 is 0 Å². The van der Waals surface area contributed by atoms with Crippen molar-refractivity contribution in [3.63, 3.8) is 0 Å². The molecule has 2 aromatic rings. The number of ether oxygens (including phenoxy) is 1. The third kappa shape index (κ3) is 5.18. The van der Waals surface area contributed by atoms with E-state index in [1.54, 1.807) is 23.8 Å². The minimum absolute atomic E-state index is 0.0367. The lowest BCUT2D eigenvalue weighted by molar-refractivity contribution is -0.130. The second-order valence-corrected chi connectivity index (χ2v) is 7.74. The van der Waals surface area contributed by atoms with Crippen molar-refractivity contribution in [2.75, 3.05) is 33.3 Å². The van der Waals surface area contributed by atoms with Crippen molar-refractivity contribution < 1.29 is 18.7 Å². The summed E-state index contributed by atoms with van der Waals surface area (Å²) in [7, 11) is 1.67. The van der Waals surface area contributed by atoms with E-state index in [1.807, 2.05) is 24.3 Å². The second kappa shape index (κ2) is 9.75. The molecule has 0 bridgehead atoms. The molecule has 1 aliphatic heterocycles. The number of aromatic nitrogens is 1. The fourth-order valence-electron chi connectivity index (χ4n) is 3.52. The Morgan fingerprint density at radius 1 is 1.13 bits per heavy atom. The molecular weight excluding hydrogens is 384 g/mol. The van der Waals surface area contributed by atoms with Crippen LogP contribution in [0.4, 0.5) is 0 Å². The van der Waals surface area contributed by atoms with Gasteiger partial charge in [0.05, 0.1) is 13.7 Å². The summed E-state index contributed by atoms with van der Waals surface area (Å²) in [5.41, 5.74) is 1.39. The van der Waals surface area contributed by atoms with Crippen molar-refractivity contribution in [1.29, 1.82) is 0 Å². The zero-order valence-corrected chi connectivity index (χ0v) is 18.1. The maximum Gasteiger partial charge on any atom is 0.275 e. The molecular formula is C22H30N4O4. The van der Waals surface area contributed by atoms with E-state index in [0.29, 0.717) is 50.9 Å². The number of para-hydroxylation sites is 1. The van der Waals surface area contributed by atoms with Gasteiger partial charge in [-0.15, -0.1) is 0 Å². The van der Waals surface area contributed by atoms with Gasteiger partial charge in [0.15, 0.2) is 5.69 Å². The highest BCUT2D eigenvalue weighted by molar-refractivity contribution is 5.92. The van der Waals surface area contributed by atoms with E-state index in [4.69, 9.17) is 9.15 Å². The molecule has 8 heteroatoms. The summed E-state index contributed by atoms with van der Waals surface area (Å²) in [5.74, 6) is 1.23. The van der Waals surface area contributed by atoms with Crippen LogP contribution in [0, 0.1) is 0 Å². The van der Waals surface area contributed by atoms with E-state index in [-0.39, 0.29) is 17.9 Å². The monoisotopic (exact) mass is 414 g/mol. The van der Waals surface area contributed by atoms with Crippen LogP contribution >= 0.6 is 0 Å². The number of rotatable bonds is 7. The lowest BCUT2D eigenvalue weighted by Gasteiger charge is -2.33. The number of hydrogen-bond acceptors (Lipinski definition) is 6. The molecule has 1 aromatic carbocycles. The van der Waals surface area contributed by atoms with Gasteiger partial charge < -0.3 is 19.0 Å². The quantitative estimate of drug-likeness (QED) is 0.692. The molecule has 8 nitrogen and oxygen atoms in total. The van der Waals surface area contributed by atoms with Crippen molar-refractivity contribution in [2.45, 2.75) is 39.9 Å². The predicted molar refractivity (Wildman–Crippen MR) is 112 cm³/mol. The van der Waals surface area contributed by atoms with Crippen LogP contribution < -0.4 is 4.74 Å². The molecule has 0 spiro atoms. The number of methoxy groups -OCH3 is 1. The predicted octanol–water partition coefficient (Wildman–Crippen LogP) is 2.40. The smallest absolute Gasteiger partial charge is 0.275 e. The number of amides is 2. The molecule has 2 amide bonds. The third-order valence-electron chi connectivity index (χ3n) is 5.42. The highest BCUT2D eigenvalue weighted by Crippen LogP contribution is 2.22. The van der Waals surface area contributed by atoms with Crippen molar-refractivity contribution in [2.24, 2.45) is 0 Å². The number of oxazole rings is 1. The summed E-state index contributed by atoms with van der Waals surface area (Å²) in [6.45, 7) is 9.04. The van der Waals surface area contributed by atoms with Crippen LogP contribution in [0.15, 0.2) is 34.9 Å². The first kappa shape index (κ1) is 21.8. The standard InChI is InChI=1S/C22H30N4O4/c1-16(2)26(13-18-7-5-6-8-20(18)29-4)14-21-23-19(15-30-21)22(28)25-11-9-24(10-12-25)17(3)27/h5-8,15-16H,9-14H2,1-4H3. The van der Waals surface area contributed by atoms with Crippen LogP contribution in [-0.4, -0.2) is 70.8 Å². The Kier molecular flexibility index (Phi) is 7.10. The van der Waals surface area contributed by atoms with E-state index < -0.39 is 0 Å². The van der Waals surface area contributed by atoms with Crippen LogP contribution in [0.25, 0.3) is 0 Å². The Morgan fingerprint density at radius 3 is 2.43 bits per heavy atom. The zero-order valence-electron chi connectivity index (χ0n) is 18.1. The molecule has 0 saturated carbocycles. The molecule has 162 valence electrons. The molecule has 3 rings (SSSR count). The topological polar surface area (TPSA) is 79.1 Å². The Hall–Kier alpha value is -2.87. The summed E-state index contributed by atoms with van der Waals surface area (Å²) >= 11 is 0. The first-order valence-electron chi connectivity index (χ1n) is 10.2. The molecule has 0 N–H and O–H groups in total. The van der Waals surface area contributed by atoms with Gasteiger partial charge in [-0.25, -0.2) is 4.98 Å². The third-order valence-corrected chi connectivity index (χ3v) is 5.42. The van der Waals surface area contributed by atoms with Crippen LogP contribution in [0.3, 0.4) is 0 Å². The number of benzene rings is 1. The molecule has 1 fully saturated rings.